The molecule has 1 N–H and O–H groups in total. The lowest BCUT2D eigenvalue weighted by molar-refractivity contribution is 0.0751. The molecule has 0 saturated heterocycles. The molecule has 1 fully saturated rings. The van der Waals surface area contributed by atoms with Gasteiger partial charge in [-0.25, -0.2) is 0 Å². The molecule has 0 aliphatic heterocycles. The molecular formula is C17H21NO. The third-order valence-electron chi connectivity index (χ3n) is 4.59. The third kappa shape index (κ3) is 2.09. The number of aryl methyl sites for hydroxylation is 1. The summed E-state index contributed by atoms with van der Waals surface area (Å²) in [6.45, 7) is 4.21. The lowest BCUT2D eigenvalue weighted by Crippen LogP contribution is -2.30. The van der Waals surface area contributed by atoms with Gasteiger partial charge in [-0.2, -0.15) is 0 Å². The topological polar surface area (TPSA) is 32.9 Å². The predicted octanol–water partition coefficient (Wildman–Crippen LogP) is 4.63. The maximum absolute atomic E-state index is 12.9. The number of rotatable bonds is 2. The maximum atomic E-state index is 12.9. The molecular weight excluding hydrogens is 234 g/mol. The Labute approximate surface area is 114 Å². The Morgan fingerprint density at radius 3 is 2.68 bits per heavy atom. The second kappa shape index (κ2) is 4.52. The van der Waals surface area contributed by atoms with E-state index >= 15 is 0 Å². The molecule has 1 aromatic heterocycles. The fourth-order valence-corrected chi connectivity index (χ4v) is 3.31. The van der Waals surface area contributed by atoms with Crippen molar-refractivity contribution >= 4 is 16.7 Å². The molecule has 1 saturated carbocycles. The summed E-state index contributed by atoms with van der Waals surface area (Å²) in [6.07, 6.45) is 7.60. The summed E-state index contributed by atoms with van der Waals surface area (Å²) in [5, 5.41) is 1.07. The number of ketones is 1. The predicted molar refractivity (Wildman–Crippen MR) is 78.6 cm³/mol. The van der Waals surface area contributed by atoms with E-state index in [1.54, 1.807) is 0 Å². The van der Waals surface area contributed by atoms with Crippen molar-refractivity contribution in [2.45, 2.75) is 46.0 Å². The van der Waals surface area contributed by atoms with Crippen molar-refractivity contribution in [1.29, 1.82) is 0 Å². The second-order valence-electron chi connectivity index (χ2n) is 6.20. The van der Waals surface area contributed by atoms with E-state index in [-0.39, 0.29) is 5.41 Å². The molecule has 2 nitrogen and oxygen atoms in total. The number of nitrogens with one attached hydrogen (secondary N) is 1. The Kier molecular flexibility index (Phi) is 2.96. The lowest BCUT2D eigenvalue weighted by atomic mass is 9.71. The number of Topliss-reactive ketones (excluding diaryl/α,β-unsaturated/α-hetero) is 1. The van der Waals surface area contributed by atoms with Crippen molar-refractivity contribution in [3.8, 4) is 0 Å². The Bertz CT molecular complexity index is 617. The standard InChI is InChI=1S/C17H21NO/c1-12-6-7-13-14(11-18-15(13)10-12)16(19)17(2)8-4-3-5-9-17/h6-7,10-11,18H,3-5,8-9H2,1-2H3. The average Bonchev–Trinajstić information content (AvgIpc) is 2.81. The highest BCUT2D eigenvalue weighted by atomic mass is 16.1. The number of benzene rings is 1. The van der Waals surface area contributed by atoms with Gasteiger partial charge in [0.15, 0.2) is 5.78 Å². The van der Waals surface area contributed by atoms with Crippen LogP contribution in [0, 0.1) is 12.3 Å². The molecule has 0 atom stereocenters. The molecule has 0 bridgehead atoms. The van der Waals surface area contributed by atoms with E-state index in [9.17, 15) is 4.79 Å². The molecule has 1 aliphatic rings. The van der Waals surface area contributed by atoms with Crippen LogP contribution < -0.4 is 0 Å². The first-order valence-electron chi connectivity index (χ1n) is 7.23. The van der Waals surface area contributed by atoms with Crippen LogP contribution in [0.25, 0.3) is 10.9 Å². The molecule has 3 rings (SSSR count). The molecule has 2 aromatic rings. The summed E-state index contributed by atoms with van der Waals surface area (Å²) in [4.78, 5) is 16.1. The van der Waals surface area contributed by atoms with E-state index in [2.05, 4.69) is 37.0 Å². The van der Waals surface area contributed by atoms with Gasteiger partial charge >= 0.3 is 0 Å². The van der Waals surface area contributed by atoms with Gasteiger partial charge in [-0.15, -0.1) is 0 Å². The van der Waals surface area contributed by atoms with Gasteiger partial charge in [0.2, 0.25) is 0 Å². The summed E-state index contributed by atoms with van der Waals surface area (Å²) in [7, 11) is 0. The van der Waals surface area contributed by atoms with Gasteiger partial charge in [0.05, 0.1) is 0 Å². The maximum Gasteiger partial charge on any atom is 0.170 e. The van der Waals surface area contributed by atoms with Crippen LogP contribution in [0.1, 0.15) is 54.9 Å². The highest BCUT2D eigenvalue weighted by Crippen LogP contribution is 2.39. The monoisotopic (exact) mass is 255 g/mol. The summed E-state index contributed by atoms with van der Waals surface area (Å²) >= 11 is 0. The Morgan fingerprint density at radius 2 is 1.95 bits per heavy atom. The first-order chi connectivity index (χ1) is 9.10. The van der Waals surface area contributed by atoms with Crippen LogP contribution in [0.15, 0.2) is 24.4 Å². The van der Waals surface area contributed by atoms with Crippen LogP contribution in [-0.2, 0) is 0 Å². The van der Waals surface area contributed by atoms with Crippen LogP contribution in [-0.4, -0.2) is 10.8 Å². The quantitative estimate of drug-likeness (QED) is 0.780. The molecule has 0 unspecified atom stereocenters. The number of hydrogen-bond donors (Lipinski definition) is 1. The van der Waals surface area contributed by atoms with E-state index in [0.29, 0.717) is 5.78 Å². The number of fused-ring (bicyclic) bond motifs is 1. The van der Waals surface area contributed by atoms with Crippen molar-refractivity contribution in [1.82, 2.24) is 4.98 Å². The number of hydrogen-bond acceptors (Lipinski definition) is 1. The van der Waals surface area contributed by atoms with Gasteiger partial charge in [-0.1, -0.05) is 38.3 Å². The molecule has 1 aromatic carbocycles. The molecule has 0 radical (unpaired) electrons. The molecule has 1 aliphatic carbocycles. The number of aromatic amines is 1. The van der Waals surface area contributed by atoms with E-state index in [0.717, 1.165) is 29.3 Å². The highest BCUT2D eigenvalue weighted by molar-refractivity contribution is 6.10. The average molecular weight is 255 g/mol. The van der Waals surface area contributed by atoms with E-state index in [1.165, 1.54) is 24.8 Å². The zero-order valence-electron chi connectivity index (χ0n) is 11.8. The van der Waals surface area contributed by atoms with Gasteiger partial charge in [0.1, 0.15) is 0 Å². The Morgan fingerprint density at radius 1 is 1.21 bits per heavy atom. The van der Waals surface area contributed by atoms with Crippen molar-refractivity contribution in [2.75, 3.05) is 0 Å². The molecule has 19 heavy (non-hydrogen) atoms. The first kappa shape index (κ1) is 12.5. The zero-order valence-corrected chi connectivity index (χ0v) is 11.8. The normalized spacial score (nSPS) is 18.6. The Hall–Kier alpha value is -1.57. The van der Waals surface area contributed by atoms with Gasteiger partial charge in [-0.3, -0.25) is 4.79 Å². The SMILES string of the molecule is Cc1ccc2c(C(=O)C3(C)CCCCC3)c[nH]c2c1. The largest absolute Gasteiger partial charge is 0.360 e. The second-order valence-corrected chi connectivity index (χ2v) is 6.20. The lowest BCUT2D eigenvalue weighted by Gasteiger charge is -2.31. The van der Waals surface area contributed by atoms with Crippen molar-refractivity contribution in [3.63, 3.8) is 0 Å². The van der Waals surface area contributed by atoms with Gasteiger partial charge in [-0.05, 0) is 31.4 Å². The van der Waals surface area contributed by atoms with Crippen LogP contribution in [0.5, 0.6) is 0 Å². The minimum Gasteiger partial charge on any atom is -0.360 e. The fourth-order valence-electron chi connectivity index (χ4n) is 3.31. The van der Waals surface area contributed by atoms with Crippen molar-refractivity contribution in [3.05, 3.63) is 35.5 Å². The number of carbonyl (C=O) groups excluding carboxylic acids is 1. The fraction of sp³-hybridized carbons (Fsp3) is 0.471. The zero-order chi connectivity index (χ0) is 13.5. The van der Waals surface area contributed by atoms with Gasteiger partial charge in [0.25, 0.3) is 0 Å². The van der Waals surface area contributed by atoms with E-state index in [4.69, 9.17) is 0 Å². The molecule has 1 heterocycles. The summed E-state index contributed by atoms with van der Waals surface area (Å²) in [5.74, 6) is 0.322. The van der Waals surface area contributed by atoms with E-state index in [1.807, 2.05) is 6.20 Å². The molecule has 2 heteroatoms. The van der Waals surface area contributed by atoms with Crippen molar-refractivity contribution < 1.29 is 4.79 Å². The third-order valence-corrected chi connectivity index (χ3v) is 4.59. The smallest absolute Gasteiger partial charge is 0.170 e. The first-order valence-corrected chi connectivity index (χ1v) is 7.23. The summed E-state index contributed by atoms with van der Waals surface area (Å²) < 4.78 is 0. The van der Waals surface area contributed by atoms with E-state index < -0.39 is 0 Å². The van der Waals surface area contributed by atoms with Gasteiger partial charge in [0, 0.05) is 28.1 Å². The summed E-state index contributed by atoms with van der Waals surface area (Å²) in [5.41, 5.74) is 3.01. The number of H-pyrrole nitrogens is 1. The molecule has 0 spiro atoms. The minimum atomic E-state index is -0.155. The van der Waals surface area contributed by atoms with Crippen LogP contribution in [0.4, 0.5) is 0 Å². The molecule has 100 valence electrons. The van der Waals surface area contributed by atoms with Crippen molar-refractivity contribution in [2.24, 2.45) is 5.41 Å². The van der Waals surface area contributed by atoms with Crippen LogP contribution in [0.2, 0.25) is 0 Å². The van der Waals surface area contributed by atoms with Gasteiger partial charge < -0.3 is 4.98 Å². The minimum absolute atomic E-state index is 0.155. The van der Waals surface area contributed by atoms with Crippen LogP contribution in [0.3, 0.4) is 0 Å². The van der Waals surface area contributed by atoms with Crippen LogP contribution >= 0.6 is 0 Å². The number of carbonyl (C=O) groups is 1. The highest BCUT2D eigenvalue weighted by Gasteiger charge is 2.35. The number of aromatic nitrogens is 1. The Balaban J connectivity index is 2.02. The summed E-state index contributed by atoms with van der Waals surface area (Å²) in [6, 6.07) is 6.26. The molecule has 0 amide bonds.